The maximum Gasteiger partial charge on any atom is 0.328 e. The Bertz CT molecular complexity index is 730. The van der Waals surface area contributed by atoms with Crippen molar-refractivity contribution in [1.82, 2.24) is 29.7 Å². The second kappa shape index (κ2) is 5.75. The van der Waals surface area contributed by atoms with E-state index < -0.39 is 0 Å². The largest absolute Gasteiger partial charge is 0.424 e. The topological polar surface area (TPSA) is 105 Å². The molecule has 0 aliphatic carbocycles. The molecule has 0 amide bonds. The van der Waals surface area contributed by atoms with Gasteiger partial charge in [-0.05, 0) is 30.5 Å². The number of aromatic nitrogens is 6. The van der Waals surface area contributed by atoms with Gasteiger partial charge in [-0.1, -0.05) is 0 Å². The van der Waals surface area contributed by atoms with Crippen molar-refractivity contribution in [1.29, 1.82) is 0 Å². The Morgan fingerprint density at radius 3 is 2.62 bits per heavy atom. The van der Waals surface area contributed by atoms with Crippen molar-refractivity contribution in [3.05, 3.63) is 36.9 Å². The van der Waals surface area contributed by atoms with Gasteiger partial charge in [0.1, 0.15) is 18.4 Å². The van der Waals surface area contributed by atoms with Crippen LogP contribution >= 0.6 is 11.8 Å². The summed E-state index contributed by atoms with van der Waals surface area (Å²) in [5, 5.41) is 3.94. The highest BCUT2D eigenvalue weighted by Gasteiger charge is 2.09. The Balaban J connectivity index is 1.88. The van der Waals surface area contributed by atoms with Gasteiger partial charge < -0.3 is 10.5 Å². The normalized spacial score (nSPS) is 10.5. The zero-order valence-electron chi connectivity index (χ0n) is 11.0. The van der Waals surface area contributed by atoms with E-state index in [9.17, 15) is 0 Å². The van der Waals surface area contributed by atoms with E-state index in [0.717, 1.165) is 4.90 Å². The van der Waals surface area contributed by atoms with Gasteiger partial charge in [0.05, 0.1) is 0 Å². The molecule has 0 atom stereocenters. The first-order valence-corrected chi connectivity index (χ1v) is 7.15. The van der Waals surface area contributed by atoms with Crippen LogP contribution in [-0.4, -0.2) is 36.0 Å². The van der Waals surface area contributed by atoms with Gasteiger partial charge in [0.15, 0.2) is 0 Å². The van der Waals surface area contributed by atoms with Crippen molar-refractivity contribution in [3.8, 4) is 17.7 Å². The number of ether oxygens (including phenoxy) is 1. The second-order valence-corrected chi connectivity index (χ2v) is 4.77. The van der Waals surface area contributed by atoms with Crippen molar-refractivity contribution < 1.29 is 4.74 Å². The van der Waals surface area contributed by atoms with E-state index in [-0.39, 0.29) is 17.9 Å². The molecule has 0 saturated heterocycles. The number of hydrogen-bond donors (Lipinski definition) is 1. The summed E-state index contributed by atoms with van der Waals surface area (Å²) >= 11 is 1.65. The number of nitrogen functional groups attached to an aromatic ring is 1. The van der Waals surface area contributed by atoms with Crippen molar-refractivity contribution >= 4 is 17.7 Å². The minimum absolute atomic E-state index is 0.0474. The average Bonchev–Trinajstić information content (AvgIpc) is 3.02. The quantitative estimate of drug-likeness (QED) is 0.724. The molecule has 0 fully saturated rings. The highest BCUT2D eigenvalue weighted by molar-refractivity contribution is 7.98. The molecule has 2 N–H and O–H groups in total. The Hall–Kier alpha value is -2.68. The molecule has 0 bridgehead atoms. The third kappa shape index (κ3) is 3.08. The third-order valence-corrected chi connectivity index (χ3v) is 3.26. The molecule has 0 unspecified atom stereocenters. The van der Waals surface area contributed by atoms with Crippen LogP contribution < -0.4 is 10.5 Å². The number of nitrogens with zero attached hydrogens (tertiary/aromatic N) is 6. The maximum absolute atomic E-state index is 5.66. The lowest BCUT2D eigenvalue weighted by Gasteiger charge is -2.06. The summed E-state index contributed by atoms with van der Waals surface area (Å²) in [5.41, 5.74) is 5.66. The summed E-state index contributed by atoms with van der Waals surface area (Å²) in [7, 11) is 0. The highest BCUT2D eigenvalue weighted by atomic mass is 32.2. The van der Waals surface area contributed by atoms with Crippen LogP contribution in [0.3, 0.4) is 0 Å². The molecule has 0 aliphatic rings. The Labute approximate surface area is 124 Å². The lowest BCUT2D eigenvalue weighted by Crippen LogP contribution is -2.07. The second-order valence-electron chi connectivity index (χ2n) is 3.89. The summed E-state index contributed by atoms with van der Waals surface area (Å²) in [5.74, 6) is 0.907. The summed E-state index contributed by atoms with van der Waals surface area (Å²) in [6.45, 7) is 0. The molecule has 0 radical (unpaired) electrons. The first-order valence-electron chi connectivity index (χ1n) is 5.93. The summed E-state index contributed by atoms with van der Waals surface area (Å²) in [6, 6.07) is 7.66. The minimum Gasteiger partial charge on any atom is -0.424 e. The van der Waals surface area contributed by atoms with Crippen LogP contribution in [-0.2, 0) is 0 Å². The monoisotopic (exact) mass is 301 g/mol. The van der Waals surface area contributed by atoms with Gasteiger partial charge in [-0.25, -0.2) is 4.98 Å². The average molecular weight is 301 g/mol. The van der Waals surface area contributed by atoms with Crippen LogP contribution in [0.2, 0.25) is 0 Å². The predicted molar refractivity (Wildman–Crippen MR) is 77.5 cm³/mol. The van der Waals surface area contributed by atoms with Crippen molar-refractivity contribution in [2.45, 2.75) is 4.90 Å². The molecular formula is C12H11N7OS. The first kappa shape index (κ1) is 13.3. The number of thioether (sulfide) groups is 1. The SMILES string of the molecule is CSc1ccc(Oc2nc(N)nc(-n3cncn3)n2)cc1. The molecule has 8 nitrogen and oxygen atoms in total. The lowest BCUT2D eigenvalue weighted by atomic mass is 10.3. The van der Waals surface area contributed by atoms with Crippen LogP contribution in [0, 0.1) is 0 Å². The maximum atomic E-state index is 5.66. The molecule has 1 aromatic carbocycles. The van der Waals surface area contributed by atoms with Gasteiger partial charge in [-0.3, -0.25) is 0 Å². The van der Waals surface area contributed by atoms with E-state index in [2.05, 4.69) is 25.0 Å². The molecule has 2 aromatic heterocycles. The molecule has 106 valence electrons. The van der Waals surface area contributed by atoms with E-state index in [1.54, 1.807) is 11.8 Å². The Morgan fingerprint density at radius 2 is 1.95 bits per heavy atom. The van der Waals surface area contributed by atoms with Gasteiger partial charge in [-0.15, -0.1) is 11.8 Å². The zero-order chi connectivity index (χ0) is 14.7. The van der Waals surface area contributed by atoms with Gasteiger partial charge in [0.25, 0.3) is 5.95 Å². The van der Waals surface area contributed by atoms with Crippen LogP contribution in [0.1, 0.15) is 0 Å². The summed E-state index contributed by atoms with van der Waals surface area (Å²) in [4.78, 5) is 17.0. The van der Waals surface area contributed by atoms with Crippen molar-refractivity contribution in [2.24, 2.45) is 0 Å². The molecular weight excluding hydrogens is 290 g/mol. The molecule has 0 spiro atoms. The number of hydrogen-bond acceptors (Lipinski definition) is 8. The molecule has 0 aliphatic heterocycles. The van der Waals surface area contributed by atoms with Gasteiger partial charge >= 0.3 is 6.01 Å². The predicted octanol–water partition coefficient (Wildman–Crippen LogP) is 1.55. The summed E-state index contributed by atoms with van der Waals surface area (Å²) in [6.07, 6.45) is 4.85. The number of rotatable bonds is 4. The molecule has 0 saturated carbocycles. The van der Waals surface area contributed by atoms with Gasteiger partial charge in [0, 0.05) is 4.90 Å². The Kier molecular flexibility index (Phi) is 3.65. The number of nitrogens with two attached hydrogens (primary N) is 1. The van der Waals surface area contributed by atoms with Crippen LogP contribution in [0.15, 0.2) is 41.8 Å². The zero-order valence-corrected chi connectivity index (χ0v) is 11.9. The van der Waals surface area contributed by atoms with E-state index in [1.807, 2.05) is 30.5 Å². The van der Waals surface area contributed by atoms with Crippen LogP contribution in [0.25, 0.3) is 5.95 Å². The first-order chi connectivity index (χ1) is 10.2. The number of anilines is 1. The van der Waals surface area contributed by atoms with Crippen molar-refractivity contribution in [2.75, 3.05) is 12.0 Å². The van der Waals surface area contributed by atoms with E-state index in [0.29, 0.717) is 5.75 Å². The standard InChI is InChI=1S/C12H11N7OS/c1-21-9-4-2-8(3-5-9)20-12-17-10(13)16-11(18-12)19-7-14-6-15-19/h2-7H,1H3,(H2,13,16,17,18). The Morgan fingerprint density at radius 1 is 1.14 bits per heavy atom. The molecule has 3 rings (SSSR count). The molecule has 21 heavy (non-hydrogen) atoms. The highest BCUT2D eigenvalue weighted by Crippen LogP contribution is 2.22. The lowest BCUT2D eigenvalue weighted by molar-refractivity contribution is 0.438. The van der Waals surface area contributed by atoms with Crippen LogP contribution in [0.5, 0.6) is 11.8 Å². The smallest absolute Gasteiger partial charge is 0.328 e. The summed E-state index contributed by atoms with van der Waals surface area (Å²) < 4.78 is 6.96. The van der Waals surface area contributed by atoms with Gasteiger partial charge in [0.2, 0.25) is 5.95 Å². The van der Waals surface area contributed by atoms with E-state index in [4.69, 9.17) is 10.5 Å². The van der Waals surface area contributed by atoms with E-state index >= 15 is 0 Å². The van der Waals surface area contributed by atoms with E-state index in [1.165, 1.54) is 17.3 Å². The fourth-order valence-electron chi connectivity index (χ4n) is 1.57. The molecule has 2 heterocycles. The fourth-order valence-corrected chi connectivity index (χ4v) is 1.98. The fraction of sp³-hybridized carbons (Fsp3) is 0.0833. The minimum atomic E-state index is 0.0474. The van der Waals surface area contributed by atoms with Gasteiger partial charge in [-0.2, -0.15) is 24.7 Å². The molecule has 3 aromatic rings. The van der Waals surface area contributed by atoms with Crippen molar-refractivity contribution in [3.63, 3.8) is 0 Å². The molecule has 9 heteroatoms. The number of benzene rings is 1. The third-order valence-electron chi connectivity index (χ3n) is 2.51. The van der Waals surface area contributed by atoms with Crippen LogP contribution in [0.4, 0.5) is 5.95 Å².